The van der Waals surface area contributed by atoms with E-state index in [1.807, 2.05) is 18.2 Å². The van der Waals surface area contributed by atoms with Crippen molar-refractivity contribution in [3.63, 3.8) is 0 Å². The van der Waals surface area contributed by atoms with Gasteiger partial charge in [-0.25, -0.2) is 15.0 Å². The Hall–Kier alpha value is -2.54. The van der Waals surface area contributed by atoms with E-state index in [1.54, 1.807) is 25.1 Å². The Kier molecular flexibility index (Phi) is 4.94. The maximum atomic E-state index is 12.6. The molecule has 7 nitrogen and oxygen atoms in total. The van der Waals surface area contributed by atoms with Crippen molar-refractivity contribution >= 4 is 11.7 Å². The van der Waals surface area contributed by atoms with Crippen LogP contribution < -0.4 is 4.90 Å². The fraction of sp³-hybridized carbons (Fsp3) is 0.444. The second-order valence-electron chi connectivity index (χ2n) is 6.62. The lowest BCUT2D eigenvalue weighted by atomic mass is 9.92. The molecule has 0 spiro atoms. The van der Waals surface area contributed by atoms with Crippen LogP contribution in [0.5, 0.6) is 0 Å². The zero-order valence-corrected chi connectivity index (χ0v) is 14.6. The van der Waals surface area contributed by atoms with Crippen LogP contribution >= 0.6 is 0 Å². The van der Waals surface area contributed by atoms with Crippen LogP contribution in [0.1, 0.15) is 28.9 Å². The lowest BCUT2D eigenvalue weighted by molar-refractivity contribution is -0.000181. The highest BCUT2D eigenvalue weighted by atomic mass is 16.3. The molecule has 0 aliphatic carbocycles. The lowest BCUT2D eigenvalue weighted by Gasteiger charge is -2.41. The molecule has 1 aliphatic rings. The molecule has 0 aromatic carbocycles. The lowest BCUT2D eigenvalue weighted by Crippen LogP contribution is -2.55. The number of anilines is 1. The summed E-state index contributed by atoms with van der Waals surface area (Å²) in [4.78, 5) is 28.6. The van der Waals surface area contributed by atoms with Gasteiger partial charge >= 0.3 is 0 Å². The van der Waals surface area contributed by atoms with Gasteiger partial charge in [-0.05, 0) is 31.9 Å². The van der Waals surface area contributed by atoms with Crippen LogP contribution in [-0.4, -0.2) is 63.1 Å². The maximum absolute atomic E-state index is 12.6. The molecule has 0 radical (unpaired) electrons. The van der Waals surface area contributed by atoms with Gasteiger partial charge in [-0.2, -0.15) is 0 Å². The van der Waals surface area contributed by atoms with E-state index >= 15 is 0 Å². The second kappa shape index (κ2) is 7.14. The summed E-state index contributed by atoms with van der Waals surface area (Å²) in [5.41, 5.74) is 0.132. The molecule has 2 aromatic rings. The Balaban J connectivity index is 1.70. The smallest absolute Gasteiger partial charge is 0.257 e. The molecule has 1 aliphatic heterocycles. The zero-order chi connectivity index (χ0) is 17.9. The summed E-state index contributed by atoms with van der Waals surface area (Å²) in [7, 11) is 1.70. The summed E-state index contributed by atoms with van der Waals surface area (Å²) >= 11 is 0. The average molecular weight is 341 g/mol. The highest BCUT2D eigenvalue weighted by Crippen LogP contribution is 2.26. The number of piperidine rings is 1. The molecule has 132 valence electrons. The molecule has 1 N–H and O–H groups in total. The van der Waals surface area contributed by atoms with Gasteiger partial charge in [-0.15, -0.1) is 0 Å². The minimum absolute atomic E-state index is 0.179. The Morgan fingerprint density at radius 3 is 2.96 bits per heavy atom. The third-order valence-corrected chi connectivity index (χ3v) is 4.55. The van der Waals surface area contributed by atoms with E-state index in [0.29, 0.717) is 24.2 Å². The molecular formula is C18H23N5O2. The van der Waals surface area contributed by atoms with Crippen LogP contribution in [0.4, 0.5) is 5.82 Å². The predicted molar refractivity (Wildman–Crippen MR) is 94.4 cm³/mol. The molecule has 3 heterocycles. The monoisotopic (exact) mass is 341 g/mol. The summed E-state index contributed by atoms with van der Waals surface area (Å²) in [6, 6.07) is 5.74. The van der Waals surface area contributed by atoms with Crippen molar-refractivity contribution in [3.8, 4) is 0 Å². The SMILES string of the molecule is Cc1ncncc1C(=O)N(C)CC1(O)CCCN(c2ccccn2)C1. The molecule has 1 fully saturated rings. The largest absolute Gasteiger partial charge is 0.386 e. The molecule has 0 saturated carbocycles. The van der Waals surface area contributed by atoms with Crippen LogP contribution in [0, 0.1) is 6.92 Å². The first-order chi connectivity index (χ1) is 12.0. The topological polar surface area (TPSA) is 82.5 Å². The number of carbonyl (C=O) groups is 1. The number of hydrogen-bond donors (Lipinski definition) is 1. The minimum atomic E-state index is -0.969. The van der Waals surface area contributed by atoms with Crippen LogP contribution in [0.3, 0.4) is 0 Å². The van der Waals surface area contributed by atoms with E-state index < -0.39 is 5.60 Å². The molecule has 3 rings (SSSR count). The molecular weight excluding hydrogens is 318 g/mol. The van der Waals surface area contributed by atoms with E-state index in [9.17, 15) is 9.90 Å². The van der Waals surface area contributed by atoms with Gasteiger partial charge in [0.15, 0.2) is 0 Å². The third kappa shape index (κ3) is 3.93. The normalized spacial score (nSPS) is 20.4. The fourth-order valence-electron chi connectivity index (χ4n) is 3.30. The first kappa shape index (κ1) is 17.3. The van der Waals surface area contributed by atoms with Crippen molar-refractivity contribution in [3.05, 3.63) is 48.2 Å². The number of aliphatic hydroxyl groups is 1. The van der Waals surface area contributed by atoms with Crippen LogP contribution in [0.15, 0.2) is 36.9 Å². The van der Waals surface area contributed by atoms with E-state index in [4.69, 9.17) is 0 Å². The molecule has 1 amide bonds. The van der Waals surface area contributed by atoms with Crippen molar-refractivity contribution in [2.45, 2.75) is 25.4 Å². The molecule has 0 bridgehead atoms. The highest BCUT2D eigenvalue weighted by molar-refractivity contribution is 5.94. The summed E-state index contributed by atoms with van der Waals surface area (Å²) in [6.07, 6.45) is 6.19. The Labute approximate surface area is 147 Å². The van der Waals surface area contributed by atoms with Crippen molar-refractivity contribution < 1.29 is 9.90 Å². The number of amides is 1. The van der Waals surface area contributed by atoms with Crippen molar-refractivity contribution in [1.82, 2.24) is 19.9 Å². The van der Waals surface area contributed by atoms with Crippen LogP contribution in [0.25, 0.3) is 0 Å². The first-order valence-corrected chi connectivity index (χ1v) is 8.39. The number of pyridine rings is 1. The van der Waals surface area contributed by atoms with Crippen molar-refractivity contribution in [1.29, 1.82) is 0 Å². The van der Waals surface area contributed by atoms with Crippen LogP contribution in [-0.2, 0) is 0 Å². The molecule has 1 saturated heterocycles. The third-order valence-electron chi connectivity index (χ3n) is 4.55. The van der Waals surface area contributed by atoms with Crippen LogP contribution in [0.2, 0.25) is 0 Å². The number of β-amino-alcohol motifs (C(OH)–C–C–N with tert-alkyl or cyclic N) is 1. The number of nitrogens with zero attached hydrogens (tertiary/aromatic N) is 5. The average Bonchev–Trinajstić information content (AvgIpc) is 2.62. The number of rotatable bonds is 4. The molecule has 25 heavy (non-hydrogen) atoms. The second-order valence-corrected chi connectivity index (χ2v) is 6.62. The Bertz CT molecular complexity index is 739. The number of carbonyl (C=O) groups excluding carboxylic acids is 1. The molecule has 1 unspecified atom stereocenters. The molecule has 2 aromatic heterocycles. The van der Waals surface area contributed by atoms with Crippen molar-refractivity contribution in [2.24, 2.45) is 0 Å². The maximum Gasteiger partial charge on any atom is 0.257 e. The summed E-state index contributed by atoms with van der Waals surface area (Å²) in [5.74, 6) is 0.670. The quantitative estimate of drug-likeness (QED) is 0.902. The zero-order valence-electron chi connectivity index (χ0n) is 14.6. The fourth-order valence-corrected chi connectivity index (χ4v) is 3.30. The van der Waals surface area contributed by atoms with Gasteiger partial charge in [-0.1, -0.05) is 6.07 Å². The van der Waals surface area contributed by atoms with Gasteiger partial charge in [0.25, 0.3) is 5.91 Å². The van der Waals surface area contributed by atoms with E-state index in [1.165, 1.54) is 12.5 Å². The molecule has 1 atom stereocenters. The molecule has 7 heteroatoms. The van der Waals surface area contributed by atoms with Gasteiger partial charge in [0.2, 0.25) is 0 Å². The van der Waals surface area contributed by atoms with E-state index in [2.05, 4.69) is 19.9 Å². The Morgan fingerprint density at radius 1 is 1.40 bits per heavy atom. The van der Waals surface area contributed by atoms with Gasteiger partial charge in [0.1, 0.15) is 12.1 Å². The number of likely N-dealkylation sites (N-methyl/N-ethyl adjacent to an activating group) is 1. The summed E-state index contributed by atoms with van der Waals surface area (Å²) < 4.78 is 0. The van der Waals surface area contributed by atoms with Gasteiger partial charge < -0.3 is 14.9 Å². The van der Waals surface area contributed by atoms with Crippen molar-refractivity contribution in [2.75, 3.05) is 31.6 Å². The van der Waals surface area contributed by atoms with E-state index in [0.717, 1.165) is 18.8 Å². The minimum Gasteiger partial charge on any atom is -0.386 e. The van der Waals surface area contributed by atoms with Gasteiger partial charge in [-0.3, -0.25) is 4.79 Å². The highest BCUT2D eigenvalue weighted by Gasteiger charge is 2.36. The van der Waals surface area contributed by atoms with E-state index in [-0.39, 0.29) is 12.5 Å². The van der Waals surface area contributed by atoms with Gasteiger partial charge in [0.05, 0.1) is 23.4 Å². The first-order valence-electron chi connectivity index (χ1n) is 8.39. The Morgan fingerprint density at radius 2 is 2.24 bits per heavy atom. The van der Waals surface area contributed by atoms with Gasteiger partial charge in [0, 0.05) is 32.5 Å². The number of aromatic nitrogens is 3. The summed E-state index contributed by atoms with van der Waals surface area (Å²) in [5, 5.41) is 11.0. The predicted octanol–water partition coefficient (Wildman–Crippen LogP) is 1.28. The standard InChI is InChI=1S/C18H23N5O2/c1-14-15(10-19-13-21-14)17(24)22(2)11-18(25)7-5-9-23(12-18)16-6-3-4-8-20-16/h3-4,6,8,10,13,25H,5,7,9,11-12H2,1-2H3. The summed E-state index contributed by atoms with van der Waals surface area (Å²) in [6.45, 7) is 3.33. The number of aryl methyl sites for hydroxylation is 1. The number of hydrogen-bond acceptors (Lipinski definition) is 6.